The van der Waals surface area contributed by atoms with Crippen LogP contribution in [0.15, 0.2) is 18.2 Å². The standard InChI is InChI=1S/C12H7Cl2F2NO2/c1-19-11-6(2-5(15)3-8(11)16)10(18)9-4-7(13)12(14)17-9/h2-4,17H,1H3. The molecule has 0 fully saturated rings. The molecule has 7 heteroatoms. The van der Waals surface area contributed by atoms with Crippen LogP contribution in [0.1, 0.15) is 16.1 Å². The van der Waals surface area contributed by atoms with Crippen molar-refractivity contribution in [2.75, 3.05) is 7.11 Å². The number of ketones is 1. The van der Waals surface area contributed by atoms with Crippen molar-refractivity contribution in [2.24, 2.45) is 0 Å². The molecule has 2 rings (SSSR count). The molecule has 0 amide bonds. The minimum Gasteiger partial charge on any atom is -0.493 e. The number of benzene rings is 1. The van der Waals surface area contributed by atoms with Crippen LogP contribution >= 0.6 is 23.2 Å². The number of halogens is 4. The van der Waals surface area contributed by atoms with Gasteiger partial charge in [-0.3, -0.25) is 4.79 Å². The lowest BCUT2D eigenvalue weighted by Gasteiger charge is -2.08. The van der Waals surface area contributed by atoms with Crippen LogP contribution < -0.4 is 4.74 Å². The first-order chi connectivity index (χ1) is 8.93. The minimum atomic E-state index is -0.963. The van der Waals surface area contributed by atoms with Gasteiger partial charge in [-0.15, -0.1) is 0 Å². The van der Waals surface area contributed by atoms with Crippen molar-refractivity contribution in [2.45, 2.75) is 0 Å². The van der Waals surface area contributed by atoms with Gasteiger partial charge in [-0.2, -0.15) is 0 Å². The average molecular weight is 306 g/mol. The summed E-state index contributed by atoms with van der Waals surface area (Å²) in [6, 6.07) is 2.78. The third kappa shape index (κ3) is 2.57. The fourth-order valence-electron chi connectivity index (χ4n) is 1.61. The quantitative estimate of drug-likeness (QED) is 0.875. The van der Waals surface area contributed by atoms with Crippen LogP contribution in [0, 0.1) is 11.6 Å². The molecule has 19 heavy (non-hydrogen) atoms. The fourth-order valence-corrected chi connectivity index (χ4v) is 1.92. The molecule has 2 aromatic rings. The van der Waals surface area contributed by atoms with E-state index in [0.717, 1.165) is 6.07 Å². The molecular weight excluding hydrogens is 299 g/mol. The third-order valence-electron chi connectivity index (χ3n) is 2.43. The molecule has 1 N–H and O–H groups in total. The third-order valence-corrected chi connectivity index (χ3v) is 3.12. The summed E-state index contributed by atoms with van der Waals surface area (Å²) in [7, 11) is 1.18. The molecule has 0 saturated heterocycles. The number of hydrogen-bond acceptors (Lipinski definition) is 2. The Morgan fingerprint density at radius 2 is 1.95 bits per heavy atom. The summed E-state index contributed by atoms with van der Waals surface area (Å²) < 4.78 is 31.5. The van der Waals surface area contributed by atoms with E-state index in [9.17, 15) is 13.6 Å². The van der Waals surface area contributed by atoms with Crippen molar-refractivity contribution in [3.8, 4) is 5.75 Å². The topological polar surface area (TPSA) is 42.1 Å². The first-order valence-corrected chi connectivity index (χ1v) is 5.81. The van der Waals surface area contributed by atoms with Gasteiger partial charge < -0.3 is 9.72 Å². The number of H-pyrrole nitrogens is 1. The minimum absolute atomic E-state index is 0.0123. The normalized spacial score (nSPS) is 10.6. The molecule has 1 heterocycles. The summed E-state index contributed by atoms with van der Waals surface area (Å²) in [6.07, 6.45) is 0. The second-order valence-corrected chi connectivity index (χ2v) is 4.43. The van der Waals surface area contributed by atoms with Crippen LogP contribution in [0.5, 0.6) is 5.75 Å². The number of carbonyl (C=O) groups is 1. The van der Waals surface area contributed by atoms with Crippen LogP contribution in [0.4, 0.5) is 8.78 Å². The van der Waals surface area contributed by atoms with Gasteiger partial charge in [-0.25, -0.2) is 8.78 Å². The van der Waals surface area contributed by atoms with Crippen LogP contribution in [0.2, 0.25) is 10.2 Å². The maximum atomic E-state index is 13.5. The molecule has 0 radical (unpaired) electrons. The molecule has 1 aromatic heterocycles. The van der Waals surface area contributed by atoms with Gasteiger partial charge >= 0.3 is 0 Å². The highest BCUT2D eigenvalue weighted by Crippen LogP contribution is 2.28. The molecule has 100 valence electrons. The van der Waals surface area contributed by atoms with Crippen molar-refractivity contribution < 1.29 is 18.3 Å². The number of aromatic nitrogens is 1. The van der Waals surface area contributed by atoms with Gasteiger partial charge in [0.05, 0.1) is 23.4 Å². The number of hydrogen-bond donors (Lipinski definition) is 1. The zero-order chi connectivity index (χ0) is 14.2. The van der Waals surface area contributed by atoms with E-state index in [-0.39, 0.29) is 27.2 Å². The summed E-state index contributed by atoms with van der Waals surface area (Å²) >= 11 is 11.4. The van der Waals surface area contributed by atoms with E-state index in [1.807, 2.05) is 0 Å². The van der Waals surface area contributed by atoms with Crippen LogP contribution in [0.3, 0.4) is 0 Å². The van der Waals surface area contributed by atoms with Crippen molar-refractivity contribution in [3.63, 3.8) is 0 Å². The lowest BCUT2D eigenvalue weighted by atomic mass is 10.1. The van der Waals surface area contributed by atoms with Crippen molar-refractivity contribution in [3.05, 3.63) is 51.3 Å². The summed E-state index contributed by atoms with van der Waals surface area (Å²) in [5.41, 5.74) is -0.243. The summed E-state index contributed by atoms with van der Waals surface area (Å²) in [6.45, 7) is 0. The van der Waals surface area contributed by atoms with E-state index < -0.39 is 17.4 Å². The first kappa shape index (κ1) is 13.8. The smallest absolute Gasteiger partial charge is 0.213 e. The lowest BCUT2D eigenvalue weighted by molar-refractivity contribution is 0.103. The van der Waals surface area contributed by atoms with E-state index >= 15 is 0 Å². The number of aromatic amines is 1. The van der Waals surface area contributed by atoms with E-state index in [4.69, 9.17) is 27.9 Å². The van der Waals surface area contributed by atoms with Gasteiger partial charge in [0.25, 0.3) is 0 Å². The summed E-state index contributed by atoms with van der Waals surface area (Å²) in [5.74, 6) is -2.86. The molecule has 3 nitrogen and oxygen atoms in total. The Morgan fingerprint density at radius 1 is 1.26 bits per heavy atom. The van der Waals surface area contributed by atoms with E-state index in [2.05, 4.69) is 4.98 Å². The maximum absolute atomic E-state index is 13.5. The average Bonchev–Trinajstić information content (AvgIpc) is 2.68. The fraction of sp³-hybridized carbons (Fsp3) is 0.0833. The number of carbonyl (C=O) groups excluding carboxylic acids is 1. The predicted molar refractivity (Wildman–Crippen MR) is 67.2 cm³/mol. The maximum Gasteiger partial charge on any atom is 0.213 e. The van der Waals surface area contributed by atoms with E-state index in [0.29, 0.717) is 6.07 Å². The highest BCUT2D eigenvalue weighted by molar-refractivity contribution is 6.41. The number of rotatable bonds is 3. The van der Waals surface area contributed by atoms with Crippen molar-refractivity contribution >= 4 is 29.0 Å². The van der Waals surface area contributed by atoms with Gasteiger partial charge in [0.15, 0.2) is 11.6 Å². The van der Waals surface area contributed by atoms with Gasteiger partial charge in [-0.1, -0.05) is 23.2 Å². The molecule has 0 aliphatic carbocycles. The monoisotopic (exact) mass is 305 g/mol. The van der Waals surface area contributed by atoms with Crippen LogP contribution in [-0.2, 0) is 0 Å². The van der Waals surface area contributed by atoms with Gasteiger partial charge in [-0.05, 0) is 12.1 Å². The van der Waals surface area contributed by atoms with E-state index in [1.54, 1.807) is 0 Å². The van der Waals surface area contributed by atoms with Gasteiger partial charge in [0, 0.05) is 6.07 Å². The SMILES string of the molecule is COc1c(F)cc(F)cc1C(=O)c1cc(Cl)c(Cl)[nH]1. The Morgan fingerprint density at radius 3 is 2.47 bits per heavy atom. The van der Waals surface area contributed by atoms with Crippen molar-refractivity contribution in [1.29, 1.82) is 0 Å². The number of methoxy groups -OCH3 is 1. The Hall–Kier alpha value is -1.59. The second-order valence-electron chi connectivity index (χ2n) is 3.64. The Labute approximate surface area is 117 Å². The Kier molecular flexibility index (Phi) is 3.78. The molecule has 0 saturated carbocycles. The second kappa shape index (κ2) is 5.19. The molecule has 0 unspecified atom stereocenters. The molecule has 0 aliphatic heterocycles. The van der Waals surface area contributed by atoms with Crippen LogP contribution in [-0.4, -0.2) is 17.9 Å². The first-order valence-electron chi connectivity index (χ1n) is 5.05. The van der Waals surface area contributed by atoms with Gasteiger partial charge in [0.2, 0.25) is 5.78 Å². The number of ether oxygens (including phenoxy) is 1. The number of nitrogens with one attached hydrogen (secondary N) is 1. The highest BCUT2D eigenvalue weighted by atomic mass is 35.5. The molecular formula is C12H7Cl2F2NO2. The Balaban J connectivity index is 2.55. The lowest BCUT2D eigenvalue weighted by Crippen LogP contribution is -2.06. The molecule has 0 atom stereocenters. The summed E-state index contributed by atoms with van der Waals surface area (Å²) in [5, 5.41) is 0.210. The largest absolute Gasteiger partial charge is 0.493 e. The highest BCUT2D eigenvalue weighted by Gasteiger charge is 2.21. The zero-order valence-corrected chi connectivity index (χ0v) is 11.1. The predicted octanol–water partition coefficient (Wildman–Crippen LogP) is 3.84. The summed E-state index contributed by atoms with van der Waals surface area (Å²) in [4.78, 5) is 14.7. The zero-order valence-electron chi connectivity index (χ0n) is 9.56. The van der Waals surface area contributed by atoms with Crippen molar-refractivity contribution in [1.82, 2.24) is 4.98 Å². The molecule has 0 bridgehead atoms. The van der Waals surface area contributed by atoms with Crippen LogP contribution in [0.25, 0.3) is 0 Å². The molecule has 0 spiro atoms. The van der Waals surface area contributed by atoms with Gasteiger partial charge in [0.1, 0.15) is 11.0 Å². The molecule has 1 aromatic carbocycles. The Bertz CT molecular complexity index is 636. The van der Waals surface area contributed by atoms with E-state index in [1.165, 1.54) is 13.2 Å². The molecule has 0 aliphatic rings.